The summed E-state index contributed by atoms with van der Waals surface area (Å²) >= 11 is 0. The molecule has 1 aromatic rings. The number of rotatable bonds is 4. The molecule has 1 atom stereocenters. The molecule has 0 saturated heterocycles. The summed E-state index contributed by atoms with van der Waals surface area (Å²) in [6, 6.07) is 4.36. The van der Waals surface area contributed by atoms with Crippen molar-refractivity contribution in [1.82, 2.24) is 0 Å². The lowest BCUT2D eigenvalue weighted by molar-refractivity contribution is 0.410. The SMILES string of the molecule is COc1cc(C(C)CCN)cc(C)c1C. The average molecular weight is 207 g/mol. The second-order valence-electron chi connectivity index (χ2n) is 4.14. The third-order valence-corrected chi connectivity index (χ3v) is 3.03. The second-order valence-corrected chi connectivity index (χ2v) is 4.14. The maximum absolute atomic E-state index is 5.57. The van der Waals surface area contributed by atoms with E-state index >= 15 is 0 Å². The number of benzene rings is 1. The summed E-state index contributed by atoms with van der Waals surface area (Å²) in [7, 11) is 1.72. The van der Waals surface area contributed by atoms with Crippen LogP contribution in [0.25, 0.3) is 0 Å². The first-order valence-electron chi connectivity index (χ1n) is 5.45. The minimum absolute atomic E-state index is 0.503. The molecular formula is C13H21NO. The topological polar surface area (TPSA) is 35.2 Å². The van der Waals surface area contributed by atoms with Gasteiger partial charge in [0.1, 0.15) is 5.75 Å². The standard InChI is InChI=1S/C13H21NO/c1-9(5-6-14)12-7-10(2)11(3)13(8-12)15-4/h7-9H,5-6,14H2,1-4H3. The summed E-state index contributed by atoms with van der Waals surface area (Å²) < 4.78 is 5.36. The first-order valence-corrected chi connectivity index (χ1v) is 5.45. The molecule has 0 fully saturated rings. The van der Waals surface area contributed by atoms with Crippen LogP contribution in [0.4, 0.5) is 0 Å². The minimum Gasteiger partial charge on any atom is -0.496 e. The Labute approximate surface area is 92.4 Å². The van der Waals surface area contributed by atoms with Crippen LogP contribution in [0.3, 0.4) is 0 Å². The monoisotopic (exact) mass is 207 g/mol. The van der Waals surface area contributed by atoms with E-state index in [1.54, 1.807) is 7.11 Å². The zero-order valence-electron chi connectivity index (χ0n) is 10.1. The summed E-state index contributed by atoms with van der Waals surface area (Å²) in [5.74, 6) is 1.48. The second kappa shape index (κ2) is 5.17. The van der Waals surface area contributed by atoms with Crippen LogP contribution < -0.4 is 10.5 Å². The van der Waals surface area contributed by atoms with Gasteiger partial charge in [-0.25, -0.2) is 0 Å². The average Bonchev–Trinajstić information content (AvgIpc) is 2.22. The van der Waals surface area contributed by atoms with Gasteiger partial charge in [-0.15, -0.1) is 0 Å². The predicted octanol–water partition coefficient (Wildman–Crippen LogP) is 2.76. The van der Waals surface area contributed by atoms with Crippen molar-refractivity contribution in [2.24, 2.45) is 5.73 Å². The molecule has 1 rings (SSSR count). The fourth-order valence-corrected chi connectivity index (χ4v) is 1.77. The molecule has 0 aliphatic heterocycles. The molecule has 0 radical (unpaired) electrons. The molecular weight excluding hydrogens is 186 g/mol. The molecule has 2 nitrogen and oxygen atoms in total. The predicted molar refractivity (Wildman–Crippen MR) is 64.6 cm³/mol. The van der Waals surface area contributed by atoms with Gasteiger partial charge >= 0.3 is 0 Å². The van der Waals surface area contributed by atoms with Crippen LogP contribution in [0.1, 0.15) is 36.0 Å². The van der Waals surface area contributed by atoms with E-state index in [9.17, 15) is 0 Å². The zero-order valence-corrected chi connectivity index (χ0v) is 10.1. The van der Waals surface area contributed by atoms with Crippen molar-refractivity contribution in [3.05, 3.63) is 28.8 Å². The summed E-state index contributed by atoms with van der Waals surface area (Å²) in [5.41, 5.74) is 9.40. The van der Waals surface area contributed by atoms with E-state index in [0.717, 1.165) is 18.7 Å². The van der Waals surface area contributed by atoms with Crippen LogP contribution in [-0.4, -0.2) is 13.7 Å². The van der Waals surface area contributed by atoms with Gasteiger partial charge in [-0.3, -0.25) is 0 Å². The molecule has 1 unspecified atom stereocenters. The quantitative estimate of drug-likeness (QED) is 0.824. The maximum atomic E-state index is 5.57. The lowest BCUT2D eigenvalue weighted by Gasteiger charge is -2.15. The molecule has 0 spiro atoms. The van der Waals surface area contributed by atoms with Crippen LogP contribution in [0.2, 0.25) is 0 Å². The smallest absolute Gasteiger partial charge is 0.122 e. The van der Waals surface area contributed by atoms with E-state index in [4.69, 9.17) is 10.5 Å². The summed E-state index contributed by atoms with van der Waals surface area (Å²) in [6.07, 6.45) is 1.02. The number of methoxy groups -OCH3 is 1. The summed E-state index contributed by atoms with van der Waals surface area (Å²) in [6.45, 7) is 7.15. The number of nitrogens with two attached hydrogens (primary N) is 1. The summed E-state index contributed by atoms with van der Waals surface area (Å²) in [5, 5.41) is 0. The van der Waals surface area contributed by atoms with Crippen molar-refractivity contribution in [1.29, 1.82) is 0 Å². The lowest BCUT2D eigenvalue weighted by Crippen LogP contribution is -2.05. The van der Waals surface area contributed by atoms with Crippen molar-refractivity contribution in [3.63, 3.8) is 0 Å². The van der Waals surface area contributed by atoms with Crippen molar-refractivity contribution in [2.75, 3.05) is 13.7 Å². The minimum atomic E-state index is 0.503. The molecule has 2 heteroatoms. The molecule has 0 saturated carbocycles. The van der Waals surface area contributed by atoms with Gasteiger partial charge in [0.05, 0.1) is 7.11 Å². The van der Waals surface area contributed by atoms with Gasteiger partial charge in [0.15, 0.2) is 0 Å². The first-order chi connectivity index (χ1) is 7.10. The molecule has 84 valence electrons. The Morgan fingerprint density at radius 3 is 2.53 bits per heavy atom. The molecule has 2 N–H and O–H groups in total. The van der Waals surface area contributed by atoms with Gasteiger partial charge in [0.2, 0.25) is 0 Å². The lowest BCUT2D eigenvalue weighted by atomic mass is 9.94. The highest BCUT2D eigenvalue weighted by Crippen LogP contribution is 2.28. The Hall–Kier alpha value is -1.02. The van der Waals surface area contributed by atoms with Crippen LogP contribution in [0.5, 0.6) is 5.75 Å². The van der Waals surface area contributed by atoms with Crippen molar-refractivity contribution < 1.29 is 4.74 Å². The highest BCUT2D eigenvalue weighted by molar-refractivity contribution is 5.43. The molecule has 15 heavy (non-hydrogen) atoms. The molecule has 0 heterocycles. The summed E-state index contributed by atoms with van der Waals surface area (Å²) in [4.78, 5) is 0. The van der Waals surface area contributed by atoms with E-state index in [0.29, 0.717) is 5.92 Å². The highest BCUT2D eigenvalue weighted by atomic mass is 16.5. The fourth-order valence-electron chi connectivity index (χ4n) is 1.77. The van der Waals surface area contributed by atoms with E-state index in [2.05, 4.69) is 32.9 Å². The molecule has 1 aromatic carbocycles. The largest absolute Gasteiger partial charge is 0.496 e. The van der Waals surface area contributed by atoms with Crippen LogP contribution >= 0.6 is 0 Å². The molecule has 0 amide bonds. The van der Waals surface area contributed by atoms with E-state index < -0.39 is 0 Å². The van der Waals surface area contributed by atoms with Gasteiger partial charge in [0.25, 0.3) is 0 Å². The van der Waals surface area contributed by atoms with Crippen LogP contribution in [0, 0.1) is 13.8 Å². The van der Waals surface area contributed by atoms with Crippen molar-refractivity contribution in [2.45, 2.75) is 33.1 Å². The molecule has 0 aromatic heterocycles. The Kier molecular flexibility index (Phi) is 4.15. The third-order valence-electron chi connectivity index (χ3n) is 3.03. The van der Waals surface area contributed by atoms with Gasteiger partial charge in [-0.2, -0.15) is 0 Å². The van der Waals surface area contributed by atoms with E-state index in [-0.39, 0.29) is 0 Å². The Morgan fingerprint density at radius 2 is 2.00 bits per heavy atom. The zero-order chi connectivity index (χ0) is 11.4. The Morgan fingerprint density at radius 1 is 1.33 bits per heavy atom. The van der Waals surface area contributed by atoms with Gasteiger partial charge in [-0.05, 0) is 55.5 Å². The number of aryl methyl sites for hydroxylation is 1. The maximum Gasteiger partial charge on any atom is 0.122 e. The molecule has 0 aliphatic rings. The number of hydrogen-bond acceptors (Lipinski definition) is 2. The van der Waals surface area contributed by atoms with Crippen molar-refractivity contribution in [3.8, 4) is 5.75 Å². The Bertz CT molecular complexity index is 334. The van der Waals surface area contributed by atoms with Crippen LogP contribution in [0.15, 0.2) is 12.1 Å². The van der Waals surface area contributed by atoms with Gasteiger partial charge in [-0.1, -0.05) is 13.0 Å². The normalized spacial score (nSPS) is 12.6. The number of hydrogen-bond donors (Lipinski definition) is 1. The molecule has 0 aliphatic carbocycles. The number of ether oxygens (including phenoxy) is 1. The van der Waals surface area contributed by atoms with Crippen LogP contribution in [-0.2, 0) is 0 Å². The third kappa shape index (κ3) is 2.72. The van der Waals surface area contributed by atoms with Gasteiger partial charge in [0, 0.05) is 0 Å². The highest BCUT2D eigenvalue weighted by Gasteiger charge is 2.09. The Balaban J connectivity index is 3.05. The van der Waals surface area contributed by atoms with Crippen molar-refractivity contribution >= 4 is 0 Å². The molecule has 0 bridgehead atoms. The van der Waals surface area contributed by atoms with E-state index in [1.165, 1.54) is 16.7 Å². The fraction of sp³-hybridized carbons (Fsp3) is 0.538. The van der Waals surface area contributed by atoms with Gasteiger partial charge < -0.3 is 10.5 Å². The first kappa shape index (κ1) is 12.1. The van der Waals surface area contributed by atoms with E-state index in [1.807, 2.05) is 0 Å².